The molecule has 3 rings (SSSR count). The monoisotopic (exact) mass is 583 g/mol. The lowest BCUT2D eigenvalue weighted by Crippen LogP contribution is -2.25. The van der Waals surface area contributed by atoms with E-state index < -0.39 is 0 Å². The Hall–Kier alpha value is -3.26. The maximum Gasteiger partial charge on any atom is 0.255 e. The second kappa shape index (κ2) is 15.5. The van der Waals surface area contributed by atoms with E-state index in [1.807, 2.05) is 50.5 Å². The van der Waals surface area contributed by atoms with Gasteiger partial charge >= 0.3 is 0 Å². The van der Waals surface area contributed by atoms with Crippen molar-refractivity contribution in [1.82, 2.24) is 4.90 Å². The number of amides is 2. The lowest BCUT2D eigenvalue weighted by atomic mass is 10.1. The SMILES string of the molecule is CCN(CCCl)c1cccc(NC(=O)c2ccc(C(=O)Nc3cc(CN(C)C)cc(N(CC)CCCl)c3)cc2)c1. The molecule has 214 valence electrons. The van der Waals surface area contributed by atoms with Crippen LogP contribution in [0, 0.1) is 0 Å². The molecule has 0 aromatic heterocycles. The van der Waals surface area contributed by atoms with Gasteiger partial charge in [-0.3, -0.25) is 9.59 Å². The third-order valence-corrected chi connectivity index (χ3v) is 6.79. The molecule has 0 saturated heterocycles. The Balaban J connectivity index is 1.72. The molecule has 2 amide bonds. The van der Waals surface area contributed by atoms with Crippen molar-refractivity contribution in [3.63, 3.8) is 0 Å². The van der Waals surface area contributed by atoms with Crippen molar-refractivity contribution in [2.24, 2.45) is 0 Å². The van der Waals surface area contributed by atoms with E-state index in [2.05, 4.69) is 45.2 Å². The molecule has 0 aliphatic heterocycles. The van der Waals surface area contributed by atoms with Gasteiger partial charge in [0.2, 0.25) is 0 Å². The Morgan fingerprint density at radius 3 is 1.75 bits per heavy atom. The fourth-order valence-corrected chi connectivity index (χ4v) is 4.90. The zero-order chi connectivity index (χ0) is 29.1. The predicted molar refractivity (Wildman–Crippen MR) is 170 cm³/mol. The highest BCUT2D eigenvalue weighted by Crippen LogP contribution is 2.25. The Labute approximate surface area is 248 Å². The number of anilines is 4. The molecule has 0 radical (unpaired) electrons. The molecule has 0 saturated carbocycles. The van der Waals surface area contributed by atoms with E-state index in [1.54, 1.807) is 24.3 Å². The third kappa shape index (κ3) is 8.88. The number of carbonyl (C=O) groups is 2. The maximum absolute atomic E-state index is 13.1. The van der Waals surface area contributed by atoms with Crippen LogP contribution in [0.15, 0.2) is 66.7 Å². The van der Waals surface area contributed by atoms with Crippen molar-refractivity contribution in [2.45, 2.75) is 20.4 Å². The second-order valence-electron chi connectivity index (χ2n) is 9.70. The molecular weight excluding hydrogens is 545 g/mol. The Kier molecular flexibility index (Phi) is 12.1. The average Bonchev–Trinajstić information content (AvgIpc) is 2.94. The number of carbonyl (C=O) groups excluding carboxylic acids is 2. The molecule has 9 heteroatoms. The van der Waals surface area contributed by atoms with Crippen molar-refractivity contribution in [3.05, 3.63) is 83.4 Å². The van der Waals surface area contributed by atoms with E-state index in [4.69, 9.17) is 23.2 Å². The van der Waals surface area contributed by atoms with Crippen LogP contribution in [0.5, 0.6) is 0 Å². The summed E-state index contributed by atoms with van der Waals surface area (Å²) in [4.78, 5) is 32.4. The molecule has 0 aliphatic carbocycles. The number of rotatable bonds is 14. The number of nitrogens with one attached hydrogen (secondary N) is 2. The first-order valence-electron chi connectivity index (χ1n) is 13.5. The summed E-state index contributed by atoms with van der Waals surface area (Å²) in [5.41, 5.74) is 5.43. The molecule has 0 unspecified atom stereocenters. The Bertz CT molecular complexity index is 1270. The Morgan fingerprint density at radius 1 is 0.700 bits per heavy atom. The summed E-state index contributed by atoms with van der Waals surface area (Å²) in [6, 6.07) is 20.4. The van der Waals surface area contributed by atoms with Crippen LogP contribution in [0.2, 0.25) is 0 Å². The summed E-state index contributed by atoms with van der Waals surface area (Å²) in [6.07, 6.45) is 0. The van der Waals surface area contributed by atoms with Gasteiger partial charge in [0.05, 0.1) is 0 Å². The third-order valence-electron chi connectivity index (χ3n) is 6.45. The molecule has 7 nitrogen and oxygen atoms in total. The number of nitrogens with zero attached hydrogens (tertiary/aromatic N) is 3. The molecular formula is C31H39Cl2N5O2. The fourth-order valence-electron chi connectivity index (χ4n) is 4.49. The van der Waals surface area contributed by atoms with Crippen molar-refractivity contribution in [3.8, 4) is 0 Å². The van der Waals surface area contributed by atoms with Crippen LogP contribution in [-0.4, -0.2) is 68.7 Å². The summed E-state index contributed by atoms with van der Waals surface area (Å²) in [5.74, 6) is 0.555. The number of halogens is 2. The zero-order valence-corrected chi connectivity index (χ0v) is 25.2. The highest BCUT2D eigenvalue weighted by molar-refractivity contribution is 6.18. The van der Waals surface area contributed by atoms with Crippen molar-refractivity contribution < 1.29 is 9.59 Å². The molecule has 0 aliphatic rings. The van der Waals surface area contributed by atoms with Gasteiger partial charge in [-0.25, -0.2) is 0 Å². The van der Waals surface area contributed by atoms with Crippen molar-refractivity contribution >= 4 is 57.8 Å². The predicted octanol–water partition coefficient (Wildman–Crippen LogP) is 6.38. The standard InChI is InChI=1S/C31H39Cl2N5O2/c1-5-37(16-14-32)28-9-7-8-26(20-28)34-30(39)24-10-12-25(13-11-24)31(40)35-27-18-23(22-36(3)4)19-29(21-27)38(6-2)17-15-33/h7-13,18-21H,5-6,14-17,22H2,1-4H3,(H,34,39)(H,35,40). The van der Waals surface area contributed by atoms with Gasteiger partial charge in [-0.1, -0.05) is 6.07 Å². The van der Waals surface area contributed by atoms with E-state index in [0.717, 1.165) is 49.7 Å². The molecule has 2 N–H and O–H groups in total. The van der Waals surface area contributed by atoms with Crippen molar-refractivity contribution in [2.75, 3.05) is 72.5 Å². The summed E-state index contributed by atoms with van der Waals surface area (Å²) in [7, 11) is 4.02. The van der Waals surface area contributed by atoms with E-state index in [9.17, 15) is 9.59 Å². The van der Waals surface area contributed by atoms with Crippen LogP contribution in [0.3, 0.4) is 0 Å². The maximum atomic E-state index is 13.1. The Morgan fingerprint density at radius 2 is 1.23 bits per heavy atom. The van der Waals surface area contributed by atoms with Gasteiger partial charge < -0.3 is 25.3 Å². The molecule has 0 spiro atoms. The van der Waals surface area contributed by atoms with Gasteiger partial charge in [0.25, 0.3) is 11.8 Å². The van der Waals surface area contributed by atoms with E-state index in [-0.39, 0.29) is 11.8 Å². The smallest absolute Gasteiger partial charge is 0.255 e. The topological polar surface area (TPSA) is 67.9 Å². The molecule has 0 bridgehead atoms. The molecule has 3 aromatic carbocycles. The number of alkyl halides is 2. The van der Waals surface area contributed by atoms with E-state index in [0.29, 0.717) is 34.3 Å². The molecule has 0 fully saturated rings. The minimum atomic E-state index is -0.246. The number of hydrogen-bond acceptors (Lipinski definition) is 5. The average molecular weight is 585 g/mol. The van der Waals surface area contributed by atoms with Gasteiger partial charge in [-0.15, -0.1) is 23.2 Å². The van der Waals surface area contributed by atoms with Crippen LogP contribution in [-0.2, 0) is 6.54 Å². The minimum Gasteiger partial charge on any atom is -0.371 e. The lowest BCUT2D eigenvalue weighted by Gasteiger charge is -2.24. The summed E-state index contributed by atoms with van der Waals surface area (Å²) in [6.45, 7) is 7.96. The first kappa shape index (κ1) is 31.3. The largest absolute Gasteiger partial charge is 0.371 e. The number of benzene rings is 3. The molecule has 0 atom stereocenters. The summed E-state index contributed by atoms with van der Waals surface area (Å²) < 4.78 is 0. The minimum absolute atomic E-state index is 0.244. The van der Waals surface area contributed by atoms with Gasteiger partial charge in [0.15, 0.2) is 0 Å². The van der Waals surface area contributed by atoms with Crippen molar-refractivity contribution in [1.29, 1.82) is 0 Å². The first-order chi connectivity index (χ1) is 19.3. The van der Waals surface area contributed by atoms with Crippen LogP contribution < -0.4 is 20.4 Å². The molecule has 3 aromatic rings. The summed E-state index contributed by atoms with van der Waals surface area (Å²) in [5, 5.41) is 5.97. The van der Waals surface area contributed by atoms with Gasteiger partial charge in [0.1, 0.15) is 0 Å². The first-order valence-corrected chi connectivity index (χ1v) is 14.6. The van der Waals surface area contributed by atoms with Gasteiger partial charge in [0, 0.05) is 78.4 Å². The highest BCUT2D eigenvalue weighted by atomic mass is 35.5. The zero-order valence-electron chi connectivity index (χ0n) is 23.7. The second-order valence-corrected chi connectivity index (χ2v) is 10.5. The van der Waals surface area contributed by atoms with Crippen LogP contribution in [0.25, 0.3) is 0 Å². The van der Waals surface area contributed by atoms with E-state index >= 15 is 0 Å². The molecule has 0 heterocycles. The number of hydrogen-bond donors (Lipinski definition) is 2. The lowest BCUT2D eigenvalue weighted by molar-refractivity contribution is 0.101. The normalized spacial score (nSPS) is 10.9. The summed E-state index contributed by atoms with van der Waals surface area (Å²) >= 11 is 11.9. The van der Waals surface area contributed by atoms with Crippen LogP contribution in [0.1, 0.15) is 40.1 Å². The van der Waals surface area contributed by atoms with E-state index in [1.165, 1.54) is 0 Å². The van der Waals surface area contributed by atoms with Crippen LogP contribution in [0.4, 0.5) is 22.7 Å². The highest BCUT2D eigenvalue weighted by Gasteiger charge is 2.13. The quantitative estimate of drug-likeness (QED) is 0.215. The molecule has 40 heavy (non-hydrogen) atoms. The van der Waals surface area contributed by atoms with Gasteiger partial charge in [-0.05, 0) is 94.2 Å². The van der Waals surface area contributed by atoms with Gasteiger partial charge in [-0.2, -0.15) is 0 Å². The fraction of sp³-hybridized carbons (Fsp3) is 0.355. The van der Waals surface area contributed by atoms with Crippen LogP contribution >= 0.6 is 23.2 Å².